The molecule has 0 spiro atoms. The summed E-state index contributed by atoms with van der Waals surface area (Å²) in [5, 5.41) is 3.47. The van der Waals surface area contributed by atoms with Crippen molar-refractivity contribution in [3.8, 4) is 0 Å². The van der Waals surface area contributed by atoms with Crippen LogP contribution in [0, 0.1) is 0 Å². The van der Waals surface area contributed by atoms with Gasteiger partial charge in [-0.3, -0.25) is 0 Å². The first kappa shape index (κ1) is 12.7. The van der Waals surface area contributed by atoms with Crippen LogP contribution in [0.4, 0.5) is 0 Å². The zero-order valence-electron chi connectivity index (χ0n) is 9.23. The van der Waals surface area contributed by atoms with Crippen LogP contribution in [0.25, 0.3) is 0 Å². The molecule has 0 aromatic rings. The van der Waals surface area contributed by atoms with Crippen molar-refractivity contribution >= 4 is 0 Å². The third-order valence-electron chi connectivity index (χ3n) is 1.99. The lowest BCUT2D eigenvalue weighted by molar-refractivity contribution is 0.162. The second kappa shape index (κ2) is 8.27. The second-order valence-corrected chi connectivity index (χ2v) is 3.60. The van der Waals surface area contributed by atoms with E-state index in [0.717, 1.165) is 19.6 Å². The highest BCUT2D eigenvalue weighted by Gasteiger charge is 2.04. The molecular formula is C11H23NO. The number of hydrogen-bond donors (Lipinski definition) is 1. The minimum Gasteiger partial charge on any atom is -0.383 e. The fraction of sp³-hybridized carbons (Fsp3) is 0.818. The lowest BCUT2D eigenvalue weighted by Crippen LogP contribution is -2.33. The van der Waals surface area contributed by atoms with E-state index in [4.69, 9.17) is 4.74 Å². The Bertz CT molecular complexity index is 128. The molecule has 0 aromatic heterocycles. The van der Waals surface area contributed by atoms with Crippen LogP contribution in [0.2, 0.25) is 0 Å². The van der Waals surface area contributed by atoms with Crippen molar-refractivity contribution in [1.82, 2.24) is 5.32 Å². The summed E-state index contributed by atoms with van der Waals surface area (Å²) < 4.78 is 5.13. The highest BCUT2D eigenvalue weighted by molar-refractivity contribution is 4.88. The van der Waals surface area contributed by atoms with Gasteiger partial charge in [0.25, 0.3) is 0 Å². The molecular weight excluding hydrogens is 162 g/mol. The molecule has 0 fully saturated rings. The average molecular weight is 185 g/mol. The molecule has 0 rings (SSSR count). The predicted octanol–water partition coefficient (Wildman–Crippen LogP) is 2.36. The van der Waals surface area contributed by atoms with E-state index in [-0.39, 0.29) is 0 Å². The molecule has 1 N–H and O–H groups in total. The van der Waals surface area contributed by atoms with Gasteiger partial charge in [-0.05, 0) is 26.3 Å². The molecule has 0 heterocycles. The summed E-state index contributed by atoms with van der Waals surface area (Å²) in [6.45, 7) is 9.96. The third kappa shape index (κ3) is 8.00. The van der Waals surface area contributed by atoms with Crippen LogP contribution in [-0.2, 0) is 4.74 Å². The molecule has 0 aliphatic rings. The zero-order valence-corrected chi connectivity index (χ0v) is 9.23. The summed E-state index contributed by atoms with van der Waals surface area (Å²) in [4.78, 5) is 0. The number of methoxy groups -OCH3 is 1. The van der Waals surface area contributed by atoms with Crippen LogP contribution in [0.1, 0.15) is 33.1 Å². The van der Waals surface area contributed by atoms with E-state index in [1.807, 2.05) is 0 Å². The van der Waals surface area contributed by atoms with Gasteiger partial charge in [0.1, 0.15) is 0 Å². The van der Waals surface area contributed by atoms with Gasteiger partial charge < -0.3 is 10.1 Å². The first-order valence-electron chi connectivity index (χ1n) is 5.07. The lowest BCUT2D eigenvalue weighted by atomic mass is 10.1. The van der Waals surface area contributed by atoms with E-state index < -0.39 is 0 Å². The molecule has 1 atom stereocenters. The quantitative estimate of drug-likeness (QED) is 0.586. The lowest BCUT2D eigenvalue weighted by Gasteiger charge is -2.16. The minimum absolute atomic E-state index is 0.509. The van der Waals surface area contributed by atoms with Crippen molar-refractivity contribution in [3.05, 3.63) is 12.2 Å². The smallest absolute Gasteiger partial charge is 0.0615 e. The first-order chi connectivity index (χ1) is 6.20. The molecule has 2 heteroatoms. The summed E-state index contributed by atoms with van der Waals surface area (Å²) in [5.41, 5.74) is 1.24. The van der Waals surface area contributed by atoms with Crippen LogP contribution >= 0.6 is 0 Å². The second-order valence-electron chi connectivity index (χ2n) is 3.60. The van der Waals surface area contributed by atoms with Crippen LogP contribution in [0.3, 0.4) is 0 Å². The summed E-state index contributed by atoms with van der Waals surface area (Å²) >= 11 is 0. The Labute approximate surface area is 82.4 Å². The van der Waals surface area contributed by atoms with Gasteiger partial charge in [0, 0.05) is 13.2 Å². The Morgan fingerprint density at radius 2 is 2.23 bits per heavy atom. The Hall–Kier alpha value is -0.340. The van der Waals surface area contributed by atoms with Crippen LogP contribution in [-0.4, -0.2) is 26.3 Å². The molecule has 0 saturated carbocycles. The molecule has 1 unspecified atom stereocenters. The van der Waals surface area contributed by atoms with Gasteiger partial charge in [-0.1, -0.05) is 18.9 Å². The molecule has 0 saturated heterocycles. The zero-order chi connectivity index (χ0) is 10.1. The van der Waals surface area contributed by atoms with Crippen molar-refractivity contribution in [2.75, 3.05) is 20.3 Å². The van der Waals surface area contributed by atoms with Crippen LogP contribution in [0.15, 0.2) is 12.2 Å². The largest absolute Gasteiger partial charge is 0.383 e. The summed E-state index contributed by atoms with van der Waals surface area (Å²) in [6, 6.07) is 0.509. The molecule has 0 aliphatic heterocycles. The van der Waals surface area contributed by atoms with Gasteiger partial charge in [0.15, 0.2) is 0 Å². The van der Waals surface area contributed by atoms with Crippen molar-refractivity contribution in [2.45, 2.75) is 39.2 Å². The van der Waals surface area contributed by atoms with E-state index in [9.17, 15) is 0 Å². The maximum Gasteiger partial charge on any atom is 0.0615 e. The third-order valence-corrected chi connectivity index (χ3v) is 1.99. The highest BCUT2D eigenvalue weighted by atomic mass is 16.5. The van der Waals surface area contributed by atoms with E-state index in [0.29, 0.717) is 6.04 Å². The molecule has 78 valence electrons. The maximum atomic E-state index is 5.13. The SMILES string of the molecule is C=C(C)CCNC(CCC)COC. The van der Waals surface area contributed by atoms with Gasteiger partial charge in [-0.25, -0.2) is 0 Å². The van der Waals surface area contributed by atoms with Crippen molar-refractivity contribution < 1.29 is 4.74 Å². The standard InChI is InChI=1S/C11H23NO/c1-5-6-11(9-13-4)12-8-7-10(2)3/h11-12H,2,5-9H2,1,3-4H3. The highest BCUT2D eigenvalue weighted by Crippen LogP contribution is 1.99. The molecule has 0 aliphatic carbocycles. The molecule has 0 amide bonds. The Balaban J connectivity index is 3.49. The number of nitrogens with one attached hydrogen (secondary N) is 1. The molecule has 13 heavy (non-hydrogen) atoms. The van der Waals surface area contributed by atoms with E-state index in [1.54, 1.807) is 7.11 Å². The Kier molecular flexibility index (Phi) is 8.05. The van der Waals surface area contributed by atoms with Gasteiger partial charge in [0.05, 0.1) is 6.61 Å². The Morgan fingerprint density at radius 3 is 2.69 bits per heavy atom. The fourth-order valence-corrected chi connectivity index (χ4v) is 1.28. The monoisotopic (exact) mass is 185 g/mol. The van der Waals surface area contributed by atoms with Crippen molar-refractivity contribution in [2.24, 2.45) is 0 Å². The van der Waals surface area contributed by atoms with Crippen LogP contribution in [0.5, 0.6) is 0 Å². The van der Waals surface area contributed by atoms with Crippen molar-refractivity contribution in [3.63, 3.8) is 0 Å². The van der Waals surface area contributed by atoms with Crippen LogP contribution < -0.4 is 5.32 Å². The van der Waals surface area contributed by atoms with Crippen molar-refractivity contribution in [1.29, 1.82) is 0 Å². The molecule has 0 aromatic carbocycles. The van der Waals surface area contributed by atoms with E-state index in [2.05, 4.69) is 25.7 Å². The topological polar surface area (TPSA) is 21.3 Å². The van der Waals surface area contributed by atoms with Gasteiger partial charge in [-0.2, -0.15) is 0 Å². The normalized spacial score (nSPS) is 12.8. The average Bonchev–Trinajstić information content (AvgIpc) is 2.04. The molecule has 2 nitrogen and oxygen atoms in total. The number of ether oxygens (including phenoxy) is 1. The summed E-state index contributed by atoms with van der Waals surface area (Å²) in [6.07, 6.45) is 3.45. The predicted molar refractivity (Wildman–Crippen MR) is 58.0 cm³/mol. The first-order valence-corrected chi connectivity index (χ1v) is 5.07. The van der Waals surface area contributed by atoms with Gasteiger partial charge in [-0.15, -0.1) is 6.58 Å². The molecule has 0 bridgehead atoms. The maximum absolute atomic E-state index is 5.13. The number of hydrogen-bond acceptors (Lipinski definition) is 2. The number of rotatable bonds is 8. The Morgan fingerprint density at radius 1 is 1.54 bits per heavy atom. The van der Waals surface area contributed by atoms with E-state index in [1.165, 1.54) is 18.4 Å². The summed E-state index contributed by atoms with van der Waals surface area (Å²) in [7, 11) is 1.75. The van der Waals surface area contributed by atoms with Gasteiger partial charge >= 0.3 is 0 Å². The fourth-order valence-electron chi connectivity index (χ4n) is 1.28. The summed E-state index contributed by atoms with van der Waals surface area (Å²) in [5.74, 6) is 0. The minimum atomic E-state index is 0.509. The molecule has 0 radical (unpaired) electrons. The van der Waals surface area contributed by atoms with Gasteiger partial charge in [0.2, 0.25) is 0 Å². The van der Waals surface area contributed by atoms with E-state index >= 15 is 0 Å².